The second-order valence-corrected chi connectivity index (χ2v) is 7.95. The molecule has 3 aromatic carbocycles. The van der Waals surface area contributed by atoms with Crippen LogP contribution in [0.15, 0.2) is 60.7 Å². The predicted molar refractivity (Wildman–Crippen MR) is 126 cm³/mol. The number of nitrogens with zero attached hydrogens (tertiary/aromatic N) is 1. The minimum atomic E-state index is -0.871. The summed E-state index contributed by atoms with van der Waals surface area (Å²) in [4.78, 5) is 27.4. The average molecular weight is 450 g/mol. The van der Waals surface area contributed by atoms with Crippen molar-refractivity contribution in [3.8, 4) is 0 Å². The van der Waals surface area contributed by atoms with Gasteiger partial charge in [-0.05, 0) is 62.2 Å². The lowest BCUT2D eigenvalue weighted by Gasteiger charge is -2.22. The normalized spacial score (nSPS) is 13.0. The van der Waals surface area contributed by atoms with E-state index >= 15 is 0 Å². The van der Waals surface area contributed by atoms with Gasteiger partial charge in [0.25, 0.3) is 5.91 Å². The van der Waals surface area contributed by atoms with Gasteiger partial charge in [0.1, 0.15) is 11.6 Å². The maximum atomic E-state index is 13.9. The van der Waals surface area contributed by atoms with Crippen LogP contribution < -0.4 is 20.9 Å². The van der Waals surface area contributed by atoms with Crippen molar-refractivity contribution in [1.82, 2.24) is 0 Å². The van der Waals surface area contributed by atoms with Gasteiger partial charge in [-0.25, -0.2) is 13.6 Å². The van der Waals surface area contributed by atoms with E-state index in [1.165, 1.54) is 0 Å². The van der Waals surface area contributed by atoms with Gasteiger partial charge < -0.3 is 20.9 Å². The van der Waals surface area contributed by atoms with Crippen LogP contribution in [-0.4, -0.2) is 25.0 Å². The molecular weight excluding hydrogens is 426 g/mol. The first-order chi connectivity index (χ1) is 15.9. The van der Waals surface area contributed by atoms with E-state index in [9.17, 15) is 18.4 Å². The van der Waals surface area contributed by atoms with Crippen molar-refractivity contribution < 1.29 is 18.4 Å². The van der Waals surface area contributed by atoms with Crippen molar-refractivity contribution in [2.75, 3.05) is 33.9 Å². The van der Waals surface area contributed by atoms with E-state index < -0.39 is 17.7 Å². The fourth-order valence-corrected chi connectivity index (χ4v) is 3.80. The van der Waals surface area contributed by atoms with Gasteiger partial charge in [0.2, 0.25) is 0 Å². The second kappa shape index (κ2) is 9.68. The molecule has 8 heteroatoms. The van der Waals surface area contributed by atoms with Crippen LogP contribution in [0, 0.1) is 18.6 Å². The van der Waals surface area contributed by atoms with E-state index in [2.05, 4.69) is 20.9 Å². The molecule has 1 aliphatic heterocycles. The Hall–Kier alpha value is -3.94. The number of nitrogens with one attached hydrogen (secondary N) is 3. The molecule has 3 aromatic rings. The Morgan fingerprint density at radius 3 is 2.33 bits per heavy atom. The highest BCUT2D eigenvalue weighted by Gasteiger charge is 2.19. The highest BCUT2D eigenvalue weighted by Crippen LogP contribution is 2.32. The molecule has 0 spiro atoms. The summed E-state index contributed by atoms with van der Waals surface area (Å²) in [6, 6.07) is 14.8. The molecular formula is C25H24F2N4O2. The number of rotatable bonds is 5. The fraction of sp³-hybridized carbons (Fsp3) is 0.200. The fourth-order valence-electron chi connectivity index (χ4n) is 3.80. The quantitative estimate of drug-likeness (QED) is 0.462. The van der Waals surface area contributed by atoms with Crippen LogP contribution in [0.1, 0.15) is 28.8 Å². The van der Waals surface area contributed by atoms with Crippen LogP contribution in [0.25, 0.3) is 0 Å². The van der Waals surface area contributed by atoms with Gasteiger partial charge >= 0.3 is 6.03 Å². The zero-order valence-corrected chi connectivity index (χ0v) is 18.1. The van der Waals surface area contributed by atoms with E-state index in [0.29, 0.717) is 23.0 Å². The van der Waals surface area contributed by atoms with Crippen LogP contribution in [0.4, 0.5) is 36.3 Å². The minimum Gasteiger partial charge on any atom is -0.370 e. The number of halogens is 2. The Morgan fingerprint density at radius 1 is 0.848 bits per heavy atom. The Labute approximate surface area is 190 Å². The van der Waals surface area contributed by atoms with Crippen LogP contribution >= 0.6 is 0 Å². The second-order valence-electron chi connectivity index (χ2n) is 7.95. The molecule has 0 aliphatic carbocycles. The first kappa shape index (κ1) is 22.3. The average Bonchev–Trinajstić information content (AvgIpc) is 3.30. The van der Waals surface area contributed by atoms with E-state index in [1.54, 1.807) is 24.3 Å². The molecule has 3 amide bonds. The molecule has 3 N–H and O–H groups in total. The lowest BCUT2D eigenvalue weighted by molar-refractivity contribution is 0.102. The molecule has 1 saturated heterocycles. The number of hydrogen-bond donors (Lipinski definition) is 3. The number of carbonyl (C=O) groups is 2. The van der Waals surface area contributed by atoms with Gasteiger partial charge in [0, 0.05) is 30.4 Å². The summed E-state index contributed by atoms with van der Waals surface area (Å²) >= 11 is 0. The zero-order valence-electron chi connectivity index (χ0n) is 18.1. The van der Waals surface area contributed by atoms with Gasteiger partial charge in [-0.1, -0.05) is 17.7 Å². The smallest absolute Gasteiger partial charge is 0.323 e. The molecule has 33 heavy (non-hydrogen) atoms. The summed E-state index contributed by atoms with van der Waals surface area (Å²) in [5.74, 6) is -1.87. The largest absolute Gasteiger partial charge is 0.370 e. The SMILES string of the molecule is Cc1cccc(C(=O)Nc2ccc(N3CCCC3)c(NC(=O)Nc3ccc(F)cc3F)c2)c1. The van der Waals surface area contributed by atoms with Gasteiger partial charge in [-0.15, -0.1) is 0 Å². The number of carbonyl (C=O) groups excluding carboxylic acids is 2. The summed E-state index contributed by atoms with van der Waals surface area (Å²) in [5.41, 5.74) is 3.14. The van der Waals surface area contributed by atoms with Gasteiger partial charge in [0.05, 0.1) is 17.1 Å². The number of aryl methyl sites for hydroxylation is 1. The van der Waals surface area contributed by atoms with Crippen LogP contribution in [0.2, 0.25) is 0 Å². The lowest BCUT2D eigenvalue weighted by Crippen LogP contribution is -2.24. The third-order valence-corrected chi connectivity index (χ3v) is 5.41. The van der Waals surface area contributed by atoms with Crippen LogP contribution in [-0.2, 0) is 0 Å². The number of amides is 3. The lowest BCUT2D eigenvalue weighted by atomic mass is 10.1. The maximum absolute atomic E-state index is 13.9. The highest BCUT2D eigenvalue weighted by molar-refractivity contribution is 6.06. The summed E-state index contributed by atoms with van der Waals surface area (Å²) in [6.45, 7) is 3.60. The molecule has 0 radical (unpaired) electrons. The van der Waals surface area contributed by atoms with Crippen molar-refractivity contribution in [3.63, 3.8) is 0 Å². The third kappa shape index (κ3) is 5.46. The van der Waals surface area contributed by atoms with Crippen molar-refractivity contribution in [2.45, 2.75) is 19.8 Å². The Bertz CT molecular complexity index is 1190. The summed E-state index contributed by atoms with van der Waals surface area (Å²) < 4.78 is 27.1. The monoisotopic (exact) mass is 450 g/mol. The molecule has 4 rings (SSSR count). The van der Waals surface area contributed by atoms with Gasteiger partial charge in [-0.2, -0.15) is 0 Å². The number of benzene rings is 3. The van der Waals surface area contributed by atoms with Crippen molar-refractivity contribution in [1.29, 1.82) is 0 Å². The molecule has 1 heterocycles. The van der Waals surface area contributed by atoms with Crippen molar-refractivity contribution in [3.05, 3.63) is 83.4 Å². The third-order valence-electron chi connectivity index (χ3n) is 5.41. The Morgan fingerprint density at radius 2 is 1.61 bits per heavy atom. The van der Waals surface area contributed by atoms with E-state index in [0.717, 1.165) is 49.3 Å². The molecule has 1 aliphatic rings. The Kier molecular flexibility index (Phi) is 6.53. The molecule has 0 bridgehead atoms. The number of urea groups is 1. The molecule has 170 valence electrons. The summed E-state index contributed by atoms with van der Waals surface area (Å²) in [6.07, 6.45) is 2.08. The molecule has 0 unspecified atom stereocenters. The van der Waals surface area contributed by atoms with Crippen molar-refractivity contribution in [2.24, 2.45) is 0 Å². The maximum Gasteiger partial charge on any atom is 0.323 e. The number of anilines is 4. The minimum absolute atomic E-state index is 0.138. The van der Waals surface area contributed by atoms with Gasteiger partial charge in [0.15, 0.2) is 0 Å². The van der Waals surface area contributed by atoms with E-state index in [-0.39, 0.29) is 11.6 Å². The molecule has 1 fully saturated rings. The number of hydrogen-bond acceptors (Lipinski definition) is 3. The van der Waals surface area contributed by atoms with Crippen LogP contribution in [0.3, 0.4) is 0 Å². The van der Waals surface area contributed by atoms with E-state index in [4.69, 9.17) is 0 Å². The summed E-state index contributed by atoms with van der Waals surface area (Å²) in [7, 11) is 0. The molecule has 0 saturated carbocycles. The molecule has 0 aromatic heterocycles. The summed E-state index contributed by atoms with van der Waals surface area (Å²) in [5, 5.41) is 7.99. The first-order valence-electron chi connectivity index (χ1n) is 10.7. The van der Waals surface area contributed by atoms with Crippen LogP contribution in [0.5, 0.6) is 0 Å². The standard InChI is InChI=1S/C25H24F2N4O2/c1-16-5-4-6-17(13-16)24(32)28-19-8-10-23(31-11-2-3-12-31)22(15-19)30-25(33)29-21-9-7-18(26)14-20(21)27/h4-10,13-15H,2-3,11-12H2,1H3,(H,28,32)(H2,29,30,33). The topological polar surface area (TPSA) is 73.5 Å². The predicted octanol–water partition coefficient (Wildman–Crippen LogP) is 5.77. The molecule has 6 nitrogen and oxygen atoms in total. The van der Waals surface area contributed by atoms with Gasteiger partial charge in [-0.3, -0.25) is 4.79 Å². The zero-order chi connectivity index (χ0) is 23.4. The van der Waals surface area contributed by atoms with Crippen molar-refractivity contribution >= 4 is 34.7 Å². The Balaban J connectivity index is 1.56. The van der Waals surface area contributed by atoms with E-state index in [1.807, 2.05) is 25.1 Å². The first-order valence-corrected chi connectivity index (χ1v) is 10.7. The highest BCUT2D eigenvalue weighted by atomic mass is 19.1. The molecule has 0 atom stereocenters.